The molecule has 2 bridgehead atoms. The van der Waals surface area contributed by atoms with E-state index in [4.69, 9.17) is 0 Å². The molecule has 1 amide bonds. The van der Waals surface area contributed by atoms with Crippen LogP contribution in [0.2, 0.25) is 0 Å². The number of hydrogen-bond donors (Lipinski definition) is 2. The van der Waals surface area contributed by atoms with E-state index < -0.39 is 0 Å². The van der Waals surface area contributed by atoms with Gasteiger partial charge in [-0.1, -0.05) is 24.6 Å². The number of nitrogens with one attached hydrogen (secondary N) is 1. The molecule has 0 heterocycles. The zero-order valence-corrected chi connectivity index (χ0v) is 10.4. The van der Waals surface area contributed by atoms with E-state index in [1.807, 2.05) is 24.3 Å². The Morgan fingerprint density at radius 1 is 1.28 bits per heavy atom. The van der Waals surface area contributed by atoms with E-state index >= 15 is 0 Å². The van der Waals surface area contributed by atoms with E-state index in [9.17, 15) is 9.90 Å². The number of para-hydroxylation sites is 1. The van der Waals surface area contributed by atoms with Crippen molar-refractivity contribution >= 4 is 11.6 Å². The second-order valence-corrected chi connectivity index (χ2v) is 5.59. The Balaban J connectivity index is 1.71. The van der Waals surface area contributed by atoms with Gasteiger partial charge in [-0.25, -0.2) is 0 Å². The highest BCUT2D eigenvalue weighted by molar-refractivity contribution is 5.93. The topological polar surface area (TPSA) is 49.3 Å². The number of aliphatic hydroxyl groups excluding tert-OH is 1. The minimum atomic E-state index is -0.0346. The van der Waals surface area contributed by atoms with Gasteiger partial charge in [0.2, 0.25) is 5.91 Å². The molecule has 0 radical (unpaired) electrons. The first kappa shape index (κ1) is 11.7. The third-order valence-electron chi connectivity index (χ3n) is 4.52. The molecular formula is C15H19NO2. The van der Waals surface area contributed by atoms with E-state index in [0.29, 0.717) is 5.92 Å². The van der Waals surface area contributed by atoms with Gasteiger partial charge in [0.1, 0.15) is 0 Å². The number of anilines is 1. The number of carbonyl (C=O) groups excluding carboxylic acids is 1. The minimum absolute atomic E-state index is 0.0346. The highest BCUT2D eigenvalue weighted by Gasteiger charge is 2.43. The van der Waals surface area contributed by atoms with Crippen molar-refractivity contribution < 1.29 is 9.90 Å². The molecule has 0 spiro atoms. The molecule has 2 N–H and O–H groups in total. The molecule has 2 fully saturated rings. The zero-order valence-electron chi connectivity index (χ0n) is 10.4. The first-order valence-electron chi connectivity index (χ1n) is 6.77. The normalized spacial score (nSPS) is 29.5. The molecule has 0 saturated heterocycles. The number of benzene rings is 1. The van der Waals surface area contributed by atoms with Gasteiger partial charge in [0.05, 0.1) is 6.61 Å². The van der Waals surface area contributed by atoms with E-state index in [0.717, 1.165) is 23.6 Å². The Hall–Kier alpha value is -1.35. The first-order chi connectivity index (χ1) is 8.78. The highest BCUT2D eigenvalue weighted by Crippen LogP contribution is 2.48. The van der Waals surface area contributed by atoms with Gasteiger partial charge in [-0.05, 0) is 37.2 Å². The number of amides is 1. The average Bonchev–Trinajstić information content (AvgIpc) is 3.01. The Morgan fingerprint density at radius 3 is 2.78 bits per heavy atom. The minimum Gasteiger partial charge on any atom is -0.392 e. The summed E-state index contributed by atoms with van der Waals surface area (Å²) in [6.07, 6.45) is 4.81. The molecule has 0 aliphatic heterocycles. The molecule has 3 heteroatoms. The van der Waals surface area contributed by atoms with Crippen molar-refractivity contribution in [3.8, 4) is 0 Å². The highest BCUT2D eigenvalue weighted by atomic mass is 16.3. The lowest BCUT2D eigenvalue weighted by molar-refractivity contribution is -0.121. The van der Waals surface area contributed by atoms with Crippen molar-refractivity contribution in [1.82, 2.24) is 0 Å². The number of hydrogen-bond acceptors (Lipinski definition) is 2. The quantitative estimate of drug-likeness (QED) is 0.859. The standard InChI is InChI=1S/C15H19NO2/c17-9-12-3-1-2-4-14(12)16-15(18)13-8-10-5-6-11(13)7-10/h1-4,10-11,13,17H,5-9H2,(H,16,18). The lowest BCUT2D eigenvalue weighted by atomic mass is 9.88. The Kier molecular flexibility index (Phi) is 3.08. The fraction of sp³-hybridized carbons (Fsp3) is 0.533. The summed E-state index contributed by atoms with van der Waals surface area (Å²) in [5, 5.41) is 12.2. The number of carbonyl (C=O) groups is 1. The van der Waals surface area contributed by atoms with Crippen LogP contribution in [0.15, 0.2) is 24.3 Å². The van der Waals surface area contributed by atoms with E-state index in [1.54, 1.807) is 0 Å². The zero-order chi connectivity index (χ0) is 12.5. The Labute approximate surface area is 107 Å². The summed E-state index contributed by atoms with van der Waals surface area (Å²) in [5.74, 6) is 1.70. The van der Waals surface area contributed by atoms with Crippen LogP contribution in [0.4, 0.5) is 5.69 Å². The van der Waals surface area contributed by atoms with Crippen LogP contribution in [-0.4, -0.2) is 11.0 Å². The molecule has 2 aliphatic rings. The molecule has 2 saturated carbocycles. The smallest absolute Gasteiger partial charge is 0.227 e. The third-order valence-corrected chi connectivity index (χ3v) is 4.52. The van der Waals surface area contributed by atoms with Gasteiger partial charge >= 0.3 is 0 Å². The SMILES string of the molecule is O=C(Nc1ccccc1CO)C1CC2CCC1C2. The molecule has 3 rings (SSSR count). The van der Waals surface area contributed by atoms with Gasteiger partial charge in [-0.2, -0.15) is 0 Å². The molecule has 3 atom stereocenters. The number of rotatable bonds is 3. The summed E-state index contributed by atoms with van der Waals surface area (Å²) in [6.45, 7) is -0.0346. The van der Waals surface area contributed by atoms with Crippen LogP contribution >= 0.6 is 0 Å². The van der Waals surface area contributed by atoms with Crippen LogP contribution in [0.25, 0.3) is 0 Å². The summed E-state index contributed by atoms with van der Waals surface area (Å²) >= 11 is 0. The summed E-state index contributed by atoms with van der Waals surface area (Å²) in [4.78, 5) is 12.3. The van der Waals surface area contributed by atoms with Gasteiger partial charge in [0, 0.05) is 17.2 Å². The van der Waals surface area contributed by atoms with Gasteiger partial charge in [-0.3, -0.25) is 4.79 Å². The van der Waals surface area contributed by atoms with Crippen LogP contribution in [-0.2, 0) is 11.4 Å². The third kappa shape index (κ3) is 2.03. The van der Waals surface area contributed by atoms with Gasteiger partial charge in [0.25, 0.3) is 0 Å². The van der Waals surface area contributed by atoms with Crippen molar-refractivity contribution in [2.24, 2.45) is 17.8 Å². The van der Waals surface area contributed by atoms with Crippen molar-refractivity contribution in [3.63, 3.8) is 0 Å². The van der Waals surface area contributed by atoms with E-state index in [1.165, 1.54) is 19.3 Å². The maximum atomic E-state index is 12.3. The van der Waals surface area contributed by atoms with E-state index in [2.05, 4.69) is 5.32 Å². The van der Waals surface area contributed by atoms with Gasteiger partial charge in [-0.15, -0.1) is 0 Å². The summed E-state index contributed by atoms with van der Waals surface area (Å²) in [6, 6.07) is 7.46. The largest absolute Gasteiger partial charge is 0.392 e. The number of fused-ring (bicyclic) bond motifs is 2. The Bertz CT molecular complexity index is 458. The fourth-order valence-corrected chi connectivity index (χ4v) is 3.57. The van der Waals surface area contributed by atoms with Gasteiger partial charge < -0.3 is 10.4 Å². The molecule has 2 aliphatic carbocycles. The lowest BCUT2D eigenvalue weighted by Gasteiger charge is -2.21. The molecule has 3 unspecified atom stereocenters. The molecule has 96 valence electrons. The second-order valence-electron chi connectivity index (χ2n) is 5.59. The van der Waals surface area contributed by atoms with Crippen LogP contribution < -0.4 is 5.32 Å². The first-order valence-corrected chi connectivity index (χ1v) is 6.77. The molecule has 3 nitrogen and oxygen atoms in total. The molecule has 18 heavy (non-hydrogen) atoms. The summed E-state index contributed by atoms with van der Waals surface area (Å²) < 4.78 is 0. The number of aliphatic hydroxyl groups is 1. The Morgan fingerprint density at radius 2 is 2.11 bits per heavy atom. The maximum Gasteiger partial charge on any atom is 0.227 e. The van der Waals surface area contributed by atoms with Crippen molar-refractivity contribution in [2.75, 3.05) is 5.32 Å². The molecule has 1 aromatic rings. The molecule has 0 aromatic heterocycles. The summed E-state index contributed by atoms with van der Waals surface area (Å²) in [5.41, 5.74) is 1.54. The van der Waals surface area contributed by atoms with E-state index in [-0.39, 0.29) is 18.4 Å². The van der Waals surface area contributed by atoms with Crippen molar-refractivity contribution in [2.45, 2.75) is 32.3 Å². The van der Waals surface area contributed by atoms with Gasteiger partial charge in [0.15, 0.2) is 0 Å². The maximum absolute atomic E-state index is 12.3. The molecule has 1 aromatic carbocycles. The van der Waals surface area contributed by atoms with Crippen molar-refractivity contribution in [1.29, 1.82) is 0 Å². The fourth-order valence-electron chi connectivity index (χ4n) is 3.57. The monoisotopic (exact) mass is 245 g/mol. The van der Waals surface area contributed by atoms with Crippen LogP contribution in [0.3, 0.4) is 0 Å². The van der Waals surface area contributed by atoms with Crippen LogP contribution in [0.1, 0.15) is 31.2 Å². The predicted octanol–water partition coefficient (Wildman–Crippen LogP) is 2.55. The van der Waals surface area contributed by atoms with Crippen LogP contribution in [0.5, 0.6) is 0 Å². The average molecular weight is 245 g/mol. The van der Waals surface area contributed by atoms with Crippen molar-refractivity contribution in [3.05, 3.63) is 29.8 Å². The predicted molar refractivity (Wildman–Crippen MR) is 69.9 cm³/mol. The van der Waals surface area contributed by atoms with Crippen LogP contribution in [0, 0.1) is 17.8 Å². The molecular weight excluding hydrogens is 226 g/mol. The lowest BCUT2D eigenvalue weighted by Crippen LogP contribution is -2.27. The summed E-state index contributed by atoms with van der Waals surface area (Å²) in [7, 11) is 0. The second kappa shape index (κ2) is 4.73.